The van der Waals surface area contributed by atoms with Gasteiger partial charge < -0.3 is 15.3 Å². The molecule has 2 atom stereocenters. The highest BCUT2D eigenvalue weighted by Gasteiger charge is 2.32. The molecule has 0 aliphatic heterocycles. The van der Waals surface area contributed by atoms with Gasteiger partial charge in [-0.15, -0.1) is 0 Å². The molecule has 4 heteroatoms. The maximum Gasteiger partial charge on any atom is 0.317 e. The fraction of sp³-hybridized carbons (Fsp3) is 0.833. The Bertz CT molecular complexity index is 236. The number of carbonyl (C=O) groups is 2. The topological polar surface area (TPSA) is 69.4 Å². The highest BCUT2D eigenvalue weighted by atomic mass is 16.5. The first kappa shape index (κ1) is 13.2. The molecule has 0 radical (unpaired) electrons. The number of rotatable bonds is 5. The summed E-state index contributed by atoms with van der Waals surface area (Å²) >= 11 is 0. The first-order valence-electron chi connectivity index (χ1n) is 6.08. The lowest BCUT2D eigenvalue weighted by Crippen LogP contribution is -2.43. The number of hydrogen-bond donors (Lipinski definition) is 1. The molecule has 0 spiro atoms. The van der Waals surface area contributed by atoms with Crippen molar-refractivity contribution >= 4 is 12.3 Å². The fourth-order valence-corrected chi connectivity index (χ4v) is 2.35. The minimum Gasteiger partial charge on any atom is -0.465 e. The number of hydrogen-bond acceptors (Lipinski definition) is 4. The molecule has 1 rings (SSSR count). The van der Waals surface area contributed by atoms with Crippen molar-refractivity contribution in [2.45, 2.75) is 45.1 Å². The second-order valence-corrected chi connectivity index (χ2v) is 4.39. The third kappa shape index (κ3) is 3.30. The zero-order chi connectivity index (χ0) is 12.0. The first-order valence-corrected chi connectivity index (χ1v) is 6.08. The van der Waals surface area contributed by atoms with Gasteiger partial charge in [-0.1, -0.05) is 19.3 Å². The van der Waals surface area contributed by atoms with E-state index in [-0.39, 0.29) is 12.0 Å². The monoisotopic (exact) mass is 227 g/mol. The SMILES string of the molecule is CCOC(=O)C(C=O)C(N)C1CCCCC1. The van der Waals surface area contributed by atoms with Gasteiger partial charge in [0.1, 0.15) is 12.2 Å². The Morgan fingerprint density at radius 1 is 1.44 bits per heavy atom. The molecule has 2 unspecified atom stereocenters. The average Bonchev–Trinajstić information content (AvgIpc) is 2.31. The summed E-state index contributed by atoms with van der Waals surface area (Å²) in [5, 5.41) is 0. The van der Waals surface area contributed by atoms with Crippen molar-refractivity contribution in [3.8, 4) is 0 Å². The summed E-state index contributed by atoms with van der Waals surface area (Å²) in [6.07, 6.45) is 6.20. The van der Waals surface area contributed by atoms with E-state index in [0.29, 0.717) is 12.9 Å². The Kier molecular flexibility index (Phi) is 5.46. The minimum atomic E-state index is -0.789. The molecule has 0 heterocycles. The van der Waals surface area contributed by atoms with Gasteiger partial charge in [-0.3, -0.25) is 4.79 Å². The van der Waals surface area contributed by atoms with E-state index in [4.69, 9.17) is 10.5 Å². The van der Waals surface area contributed by atoms with E-state index in [0.717, 1.165) is 25.7 Å². The van der Waals surface area contributed by atoms with Crippen molar-refractivity contribution in [2.75, 3.05) is 6.61 Å². The Morgan fingerprint density at radius 2 is 2.06 bits per heavy atom. The summed E-state index contributed by atoms with van der Waals surface area (Å²) in [7, 11) is 0. The van der Waals surface area contributed by atoms with E-state index < -0.39 is 11.9 Å². The van der Waals surface area contributed by atoms with Crippen molar-refractivity contribution in [1.82, 2.24) is 0 Å². The lowest BCUT2D eigenvalue weighted by atomic mass is 9.79. The molecular formula is C12H21NO3. The van der Waals surface area contributed by atoms with E-state index >= 15 is 0 Å². The zero-order valence-electron chi connectivity index (χ0n) is 9.85. The van der Waals surface area contributed by atoms with E-state index in [1.807, 2.05) is 0 Å². The molecule has 0 aromatic heterocycles. The minimum absolute atomic E-state index is 0.286. The molecule has 92 valence electrons. The van der Waals surface area contributed by atoms with Crippen LogP contribution in [0, 0.1) is 11.8 Å². The predicted octanol–water partition coefficient (Wildman–Crippen LogP) is 1.27. The van der Waals surface area contributed by atoms with E-state index in [2.05, 4.69) is 0 Å². The smallest absolute Gasteiger partial charge is 0.317 e. The van der Waals surface area contributed by atoms with Crippen LogP contribution in [0.1, 0.15) is 39.0 Å². The largest absolute Gasteiger partial charge is 0.465 e. The van der Waals surface area contributed by atoms with Crippen molar-refractivity contribution in [1.29, 1.82) is 0 Å². The van der Waals surface area contributed by atoms with Crippen molar-refractivity contribution in [2.24, 2.45) is 17.6 Å². The number of aldehydes is 1. The zero-order valence-corrected chi connectivity index (χ0v) is 9.85. The van der Waals surface area contributed by atoms with Crippen LogP contribution in [0.25, 0.3) is 0 Å². The van der Waals surface area contributed by atoms with Gasteiger partial charge in [0, 0.05) is 6.04 Å². The van der Waals surface area contributed by atoms with Crippen LogP contribution in [-0.2, 0) is 14.3 Å². The van der Waals surface area contributed by atoms with Crippen LogP contribution < -0.4 is 5.73 Å². The first-order chi connectivity index (χ1) is 7.70. The van der Waals surface area contributed by atoms with Crippen LogP contribution in [-0.4, -0.2) is 24.9 Å². The molecule has 16 heavy (non-hydrogen) atoms. The molecule has 1 aliphatic rings. The Morgan fingerprint density at radius 3 is 2.56 bits per heavy atom. The van der Waals surface area contributed by atoms with Gasteiger partial charge in [0.2, 0.25) is 0 Å². The standard InChI is InChI=1S/C12H21NO3/c1-2-16-12(15)10(8-14)11(13)9-6-4-3-5-7-9/h8-11H,2-7,13H2,1H3. The number of esters is 1. The fourth-order valence-electron chi connectivity index (χ4n) is 2.35. The molecule has 0 aromatic carbocycles. The Hall–Kier alpha value is -0.900. The molecule has 2 N–H and O–H groups in total. The molecule has 4 nitrogen and oxygen atoms in total. The third-order valence-electron chi connectivity index (χ3n) is 3.31. The normalized spacial score (nSPS) is 21.1. The number of nitrogens with two attached hydrogens (primary N) is 1. The Labute approximate surface area is 96.5 Å². The van der Waals surface area contributed by atoms with Crippen LogP contribution in [0.4, 0.5) is 0 Å². The average molecular weight is 227 g/mol. The van der Waals surface area contributed by atoms with Gasteiger partial charge in [-0.05, 0) is 25.7 Å². The number of ether oxygens (including phenoxy) is 1. The predicted molar refractivity (Wildman–Crippen MR) is 60.7 cm³/mol. The molecule has 1 saturated carbocycles. The van der Waals surface area contributed by atoms with Crippen LogP contribution in [0.15, 0.2) is 0 Å². The van der Waals surface area contributed by atoms with Gasteiger partial charge in [-0.2, -0.15) is 0 Å². The van der Waals surface area contributed by atoms with Gasteiger partial charge >= 0.3 is 5.97 Å². The summed E-state index contributed by atoms with van der Waals surface area (Å²) in [4.78, 5) is 22.4. The van der Waals surface area contributed by atoms with Crippen LogP contribution in [0.2, 0.25) is 0 Å². The highest BCUT2D eigenvalue weighted by Crippen LogP contribution is 2.28. The van der Waals surface area contributed by atoms with Gasteiger partial charge in [0.05, 0.1) is 6.61 Å². The van der Waals surface area contributed by atoms with Crippen molar-refractivity contribution in [3.63, 3.8) is 0 Å². The molecule has 0 amide bonds. The summed E-state index contributed by atoms with van der Waals surface area (Å²) in [6.45, 7) is 2.02. The van der Waals surface area contributed by atoms with Gasteiger partial charge in [0.15, 0.2) is 0 Å². The van der Waals surface area contributed by atoms with Crippen LogP contribution >= 0.6 is 0 Å². The second kappa shape index (κ2) is 6.63. The quantitative estimate of drug-likeness (QED) is 0.436. The Balaban J connectivity index is 2.56. The summed E-state index contributed by atoms with van der Waals surface area (Å²) in [5.41, 5.74) is 6.00. The van der Waals surface area contributed by atoms with Crippen LogP contribution in [0.3, 0.4) is 0 Å². The molecule has 1 aliphatic carbocycles. The van der Waals surface area contributed by atoms with Gasteiger partial charge in [-0.25, -0.2) is 0 Å². The highest BCUT2D eigenvalue weighted by molar-refractivity contribution is 5.88. The maximum absolute atomic E-state index is 11.5. The summed E-state index contributed by atoms with van der Waals surface area (Å²) < 4.78 is 4.86. The summed E-state index contributed by atoms with van der Waals surface area (Å²) in [5.74, 6) is -0.980. The molecule has 0 saturated heterocycles. The molecule has 0 bridgehead atoms. The lowest BCUT2D eigenvalue weighted by Gasteiger charge is -2.29. The maximum atomic E-state index is 11.5. The third-order valence-corrected chi connectivity index (χ3v) is 3.31. The van der Waals surface area contributed by atoms with E-state index in [1.54, 1.807) is 6.92 Å². The summed E-state index contributed by atoms with van der Waals surface area (Å²) in [6, 6.07) is -0.378. The van der Waals surface area contributed by atoms with Crippen LogP contribution in [0.5, 0.6) is 0 Å². The van der Waals surface area contributed by atoms with Gasteiger partial charge in [0.25, 0.3) is 0 Å². The lowest BCUT2D eigenvalue weighted by molar-refractivity contribution is -0.150. The van der Waals surface area contributed by atoms with Crippen molar-refractivity contribution in [3.05, 3.63) is 0 Å². The molecular weight excluding hydrogens is 206 g/mol. The molecule has 1 fully saturated rings. The van der Waals surface area contributed by atoms with E-state index in [9.17, 15) is 9.59 Å². The second-order valence-electron chi connectivity index (χ2n) is 4.39. The van der Waals surface area contributed by atoms with Crippen molar-refractivity contribution < 1.29 is 14.3 Å². The number of carbonyl (C=O) groups excluding carboxylic acids is 2. The van der Waals surface area contributed by atoms with E-state index in [1.165, 1.54) is 6.42 Å². The molecule has 0 aromatic rings.